The zero-order valence-corrected chi connectivity index (χ0v) is 15.1. The van der Waals surface area contributed by atoms with Gasteiger partial charge in [-0.25, -0.2) is 0 Å². The third kappa shape index (κ3) is 4.26. The van der Waals surface area contributed by atoms with Crippen molar-refractivity contribution in [2.45, 2.75) is 13.0 Å². The maximum Gasteiger partial charge on any atom is 0.250 e. The van der Waals surface area contributed by atoms with E-state index in [2.05, 4.69) is 22.0 Å². The number of phenols is 1. The van der Waals surface area contributed by atoms with Gasteiger partial charge in [-0.05, 0) is 31.2 Å². The van der Waals surface area contributed by atoms with Crippen molar-refractivity contribution in [3.63, 3.8) is 0 Å². The van der Waals surface area contributed by atoms with Gasteiger partial charge in [-0.2, -0.15) is 0 Å². The molecule has 1 fully saturated rings. The second kappa shape index (κ2) is 8.10. The molecule has 1 heterocycles. The zero-order valence-electron chi connectivity index (χ0n) is 15.1. The number of nitrogens with zero attached hydrogens (tertiary/aromatic N) is 2. The lowest BCUT2D eigenvalue weighted by Crippen LogP contribution is -2.51. The highest BCUT2D eigenvalue weighted by Crippen LogP contribution is 2.22. The third-order valence-electron chi connectivity index (χ3n) is 4.91. The van der Waals surface area contributed by atoms with Gasteiger partial charge in [-0.3, -0.25) is 9.69 Å². The normalized spacial score (nSPS) is 16.3. The van der Waals surface area contributed by atoms with Crippen LogP contribution >= 0.6 is 0 Å². The van der Waals surface area contributed by atoms with Gasteiger partial charge in [-0.15, -0.1) is 0 Å². The monoisotopic (exact) mass is 354 g/mol. The van der Waals surface area contributed by atoms with Crippen LogP contribution in [-0.2, 0) is 0 Å². The molecule has 0 aliphatic carbocycles. The minimum atomic E-state index is -0.416. The van der Waals surface area contributed by atoms with Crippen LogP contribution in [0, 0.1) is 0 Å². The Morgan fingerprint density at radius 2 is 1.88 bits per heavy atom. The van der Waals surface area contributed by atoms with Crippen molar-refractivity contribution in [1.29, 1.82) is 0 Å². The number of benzene rings is 2. The minimum absolute atomic E-state index is 0.301. The smallest absolute Gasteiger partial charge is 0.250 e. The lowest BCUT2D eigenvalue weighted by Gasteiger charge is -2.39. The molecule has 0 aromatic heterocycles. The number of amides is 1. The molecule has 4 N–H and O–H groups in total. The number of rotatable bonds is 6. The van der Waals surface area contributed by atoms with E-state index >= 15 is 0 Å². The average molecular weight is 354 g/mol. The molecule has 0 spiro atoms. The van der Waals surface area contributed by atoms with Crippen molar-refractivity contribution in [1.82, 2.24) is 4.90 Å². The summed E-state index contributed by atoms with van der Waals surface area (Å²) < 4.78 is 0. The molecule has 138 valence electrons. The van der Waals surface area contributed by atoms with Crippen LogP contribution in [-0.4, -0.2) is 54.7 Å². The molecule has 0 bridgehead atoms. The van der Waals surface area contributed by atoms with E-state index in [0.717, 1.165) is 44.1 Å². The largest absolute Gasteiger partial charge is 0.508 e. The quantitative estimate of drug-likeness (QED) is 0.740. The molecule has 0 saturated carbocycles. The number of carbonyl (C=O) groups is 1. The molecule has 26 heavy (non-hydrogen) atoms. The summed E-state index contributed by atoms with van der Waals surface area (Å²) >= 11 is 0. The highest BCUT2D eigenvalue weighted by atomic mass is 16.3. The summed E-state index contributed by atoms with van der Waals surface area (Å²) in [6.07, 6.45) is 0. The minimum Gasteiger partial charge on any atom is -0.508 e. The summed E-state index contributed by atoms with van der Waals surface area (Å²) in [5.41, 5.74) is 7.80. The maximum absolute atomic E-state index is 11.5. The van der Waals surface area contributed by atoms with Gasteiger partial charge in [0.1, 0.15) is 5.75 Å². The fourth-order valence-electron chi connectivity index (χ4n) is 3.35. The molecular weight excluding hydrogens is 328 g/mol. The van der Waals surface area contributed by atoms with E-state index in [-0.39, 0.29) is 0 Å². The van der Waals surface area contributed by atoms with Crippen LogP contribution in [0.3, 0.4) is 0 Å². The maximum atomic E-state index is 11.5. The molecule has 6 heteroatoms. The van der Waals surface area contributed by atoms with Crippen molar-refractivity contribution >= 4 is 17.3 Å². The Kier molecular flexibility index (Phi) is 5.63. The van der Waals surface area contributed by atoms with Gasteiger partial charge in [0, 0.05) is 56.2 Å². The Morgan fingerprint density at radius 3 is 2.58 bits per heavy atom. The van der Waals surface area contributed by atoms with Crippen LogP contribution in [0.4, 0.5) is 11.4 Å². The van der Waals surface area contributed by atoms with Gasteiger partial charge in [0.05, 0.1) is 5.56 Å². The average Bonchev–Trinajstić information content (AvgIpc) is 2.66. The molecule has 1 saturated heterocycles. The number of para-hydroxylation sites is 1. The molecule has 1 aliphatic rings. The van der Waals surface area contributed by atoms with Crippen LogP contribution in [0.2, 0.25) is 0 Å². The predicted molar refractivity (Wildman–Crippen MR) is 105 cm³/mol. The number of primary amides is 1. The molecule has 2 aromatic rings. The van der Waals surface area contributed by atoms with E-state index in [1.807, 2.05) is 30.3 Å². The van der Waals surface area contributed by atoms with Crippen LogP contribution in [0.5, 0.6) is 5.75 Å². The van der Waals surface area contributed by atoms with Crippen molar-refractivity contribution in [3.05, 3.63) is 54.1 Å². The fraction of sp³-hybridized carbons (Fsp3) is 0.350. The van der Waals surface area contributed by atoms with E-state index < -0.39 is 5.91 Å². The van der Waals surface area contributed by atoms with E-state index in [1.54, 1.807) is 18.2 Å². The number of carbonyl (C=O) groups excluding carboxylic acids is 1. The van der Waals surface area contributed by atoms with Crippen LogP contribution < -0.4 is 16.0 Å². The lowest BCUT2D eigenvalue weighted by atomic mass is 10.1. The van der Waals surface area contributed by atoms with E-state index in [4.69, 9.17) is 5.73 Å². The summed E-state index contributed by atoms with van der Waals surface area (Å²) in [5, 5.41) is 13.0. The van der Waals surface area contributed by atoms with Gasteiger partial charge in [-0.1, -0.05) is 18.2 Å². The SMILES string of the molecule is CC(CNc1ccccc1C(N)=O)N1CCN(c2cccc(O)c2)CC1. The Hall–Kier alpha value is -2.73. The standard InChI is InChI=1S/C20H26N4O2/c1-15(14-22-19-8-3-2-7-18(19)20(21)26)23-9-11-24(12-10-23)16-5-4-6-17(25)13-16/h2-8,13,15,22,25H,9-12,14H2,1H3,(H2,21,26). The van der Waals surface area contributed by atoms with Crippen molar-refractivity contribution < 1.29 is 9.90 Å². The highest BCUT2D eigenvalue weighted by molar-refractivity contribution is 5.98. The number of phenolic OH excluding ortho intramolecular Hbond substituents is 1. The molecule has 1 aliphatic heterocycles. The molecule has 1 amide bonds. The molecular formula is C20H26N4O2. The van der Waals surface area contributed by atoms with Gasteiger partial charge < -0.3 is 21.1 Å². The molecule has 3 rings (SSSR count). The number of piperazine rings is 1. The van der Waals surface area contributed by atoms with Gasteiger partial charge in [0.2, 0.25) is 0 Å². The third-order valence-corrected chi connectivity index (χ3v) is 4.91. The molecule has 0 radical (unpaired) electrons. The number of anilines is 2. The van der Waals surface area contributed by atoms with Crippen LogP contribution in [0.25, 0.3) is 0 Å². The van der Waals surface area contributed by atoms with Crippen molar-refractivity contribution in [2.75, 3.05) is 42.9 Å². The van der Waals surface area contributed by atoms with Crippen molar-refractivity contribution in [3.8, 4) is 5.75 Å². The first kappa shape index (κ1) is 18.1. The summed E-state index contributed by atoms with van der Waals surface area (Å²) in [4.78, 5) is 16.2. The Bertz CT molecular complexity index is 757. The summed E-state index contributed by atoms with van der Waals surface area (Å²) in [5.74, 6) is -0.115. The second-order valence-electron chi connectivity index (χ2n) is 6.68. The fourth-order valence-corrected chi connectivity index (χ4v) is 3.35. The highest BCUT2D eigenvalue weighted by Gasteiger charge is 2.21. The van der Waals surface area contributed by atoms with Gasteiger partial charge in [0.15, 0.2) is 0 Å². The zero-order chi connectivity index (χ0) is 18.5. The number of nitrogens with one attached hydrogen (secondary N) is 1. The molecule has 1 atom stereocenters. The lowest BCUT2D eigenvalue weighted by molar-refractivity contribution is 0.100. The van der Waals surface area contributed by atoms with E-state index in [9.17, 15) is 9.90 Å². The first-order chi connectivity index (χ1) is 12.5. The first-order valence-electron chi connectivity index (χ1n) is 8.95. The number of nitrogens with two attached hydrogens (primary N) is 1. The summed E-state index contributed by atoms with van der Waals surface area (Å²) in [6.45, 7) is 6.68. The number of hydrogen-bond donors (Lipinski definition) is 3. The summed E-state index contributed by atoms with van der Waals surface area (Å²) in [7, 11) is 0. The Balaban J connectivity index is 1.53. The summed E-state index contributed by atoms with van der Waals surface area (Å²) in [6, 6.07) is 15.1. The molecule has 1 unspecified atom stereocenters. The van der Waals surface area contributed by atoms with Gasteiger partial charge >= 0.3 is 0 Å². The van der Waals surface area contributed by atoms with Crippen LogP contribution in [0.15, 0.2) is 48.5 Å². The van der Waals surface area contributed by atoms with E-state index in [0.29, 0.717) is 17.4 Å². The first-order valence-corrected chi connectivity index (χ1v) is 8.95. The predicted octanol–water partition coefficient (Wildman–Crippen LogP) is 2.11. The van der Waals surface area contributed by atoms with E-state index in [1.165, 1.54) is 0 Å². The second-order valence-corrected chi connectivity index (χ2v) is 6.68. The van der Waals surface area contributed by atoms with Gasteiger partial charge in [0.25, 0.3) is 5.91 Å². The number of aromatic hydroxyl groups is 1. The number of hydrogen-bond acceptors (Lipinski definition) is 5. The van der Waals surface area contributed by atoms with Crippen molar-refractivity contribution in [2.24, 2.45) is 5.73 Å². The Labute approximate surface area is 154 Å². The topological polar surface area (TPSA) is 81.8 Å². The van der Waals surface area contributed by atoms with Crippen LogP contribution in [0.1, 0.15) is 17.3 Å². The molecule has 6 nitrogen and oxygen atoms in total. The molecule has 2 aromatic carbocycles. The Morgan fingerprint density at radius 1 is 1.15 bits per heavy atom.